The summed E-state index contributed by atoms with van der Waals surface area (Å²) in [5.41, 5.74) is 1.98. The Morgan fingerprint density at radius 3 is 2.47 bits per heavy atom. The number of methoxy groups -OCH3 is 2. The molecule has 4 rings (SSSR count). The number of aryl methyl sites for hydroxylation is 1. The van der Waals surface area contributed by atoms with Gasteiger partial charge < -0.3 is 23.4 Å². The number of furan rings is 1. The first-order valence-electron chi connectivity index (χ1n) is 11.4. The van der Waals surface area contributed by atoms with Gasteiger partial charge in [-0.25, -0.2) is 4.79 Å². The molecule has 4 aromatic rings. The molecule has 36 heavy (non-hydrogen) atoms. The number of fused-ring (bicyclic) bond motifs is 1. The van der Waals surface area contributed by atoms with Gasteiger partial charge in [-0.2, -0.15) is 0 Å². The largest absolute Gasteiger partial charge is 0.497 e. The van der Waals surface area contributed by atoms with Crippen molar-refractivity contribution in [3.8, 4) is 23.0 Å². The van der Waals surface area contributed by atoms with E-state index in [0.29, 0.717) is 63.0 Å². The number of hydrogen-bond donors (Lipinski definition) is 0. The Hall–Kier alpha value is -4.52. The van der Waals surface area contributed by atoms with Crippen molar-refractivity contribution in [3.05, 3.63) is 89.2 Å². The van der Waals surface area contributed by atoms with Crippen LogP contribution in [0.4, 0.5) is 0 Å². The maximum absolute atomic E-state index is 13.1. The molecular weight excluding hydrogens is 460 g/mol. The predicted molar refractivity (Wildman–Crippen MR) is 136 cm³/mol. The molecule has 0 saturated heterocycles. The fourth-order valence-corrected chi connectivity index (χ4v) is 3.82. The molecule has 0 amide bonds. The number of esters is 1. The lowest BCUT2D eigenvalue weighted by Gasteiger charge is -2.08. The van der Waals surface area contributed by atoms with E-state index in [1.54, 1.807) is 73.7 Å². The van der Waals surface area contributed by atoms with Gasteiger partial charge in [-0.3, -0.25) is 4.79 Å². The van der Waals surface area contributed by atoms with Gasteiger partial charge in [-0.15, -0.1) is 0 Å². The fourth-order valence-electron chi connectivity index (χ4n) is 3.82. The highest BCUT2D eigenvalue weighted by atomic mass is 16.5. The highest BCUT2D eigenvalue weighted by molar-refractivity contribution is 6.09. The molecule has 0 spiro atoms. The van der Waals surface area contributed by atoms with E-state index in [9.17, 15) is 9.59 Å². The molecule has 0 aliphatic heterocycles. The number of carbonyl (C=O) groups is 2. The molecule has 0 aliphatic rings. The summed E-state index contributed by atoms with van der Waals surface area (Å²) in [7, 11) is 3.03. The highest BCUT2D eigenvalue weighted by Crippen LogP contribution is 2.30. The van der Waals surface area contributed by atoms with Crippen LogP contribution in [0, 0.1) is 6.92 Å². The normalized spacial score (nSPS) is 11.0. The van der Waals surface area contributed by atoms with E-state index in [1.165, 1.54) is 20.3 Å². The molecule has 7 nitrogen and oxygen atoms in total. The summed E-state index contributed by atoms with van der Waals surface area (Å²) in [6, 6.07) is 17.2. The second-order valence-electron chi connectivity index (χ2n) is 7.85. The van der Waals surface area contributed by atoms with Crippen molar-refractivity contribution in [1.29, 1.82) is 0 Å². The average molecular weight is 487 g/mol. The summed E-state index contributed by atoms with van der Waals surface area (Å²) < 4.78 is 27.4. The van der Waals surface area contributed by atoms with Crippen LogP contribution in [-0.2, 0) is 0 Å². The Labute approximate surface area is 208 Å². The van der Waals surface area contributed by atoms with E-state index in [2.05, 4.69) is 0 Å². The number of hydrogen-bond acceptors (Lipinski definition) is 7. The minimum atomic E-state index is -0.543. The minimum absolute atomic E-state index is 0.251. The van der Waals surface area contributed by atoms with E-state index in [1.807, 2.05) is 6.92 Å². The molecule has 3 aromatic carbocycles. The summed E-state index contributed by atoms with van der Waals surface area (Å²) in [4.78, 5) is 25.8. The van der Waals surface area contributed by atoms with Crippen LogP contribution in [0.15, 0.2) is 71.2 Å². The first kappa shape index (κ1) is 24.6. The van der Waals surface area contributed by atoms with Crippen LogP contribution in [0.3, 0.4) is 0 Å². The quantitative estimate of drug-likeness (QED) is 0.119. The molecular formula is C29H26O7. The van der Waals surface area contributed by atoms with Gasteiger partial charge in [0, 0.05) is 5.39 Å². The van der Waals surface area contributed by atoms with Crippen LogP contribution in [0.25, 0.3) is 17.0 Å². The van der Waals surface area contributed by atoms with Gasteiger partial charge in [0.05, 0.1) is 26.4 Å². The lowest BCUT2D eigenvalue weighted by molar-refractivity contribution is 0.0734. The molecule has 1 aromatic heterocycles. The predicted octanol–water partition coefficient (Wildman–Crippen LogP) is 6.27. The van der Waals surface area contributed by atoms with Crippen molar-refractivity contribution in [3.63, 3.8) is 0 Å². The summed E-state index contributed by atoms with van der Waals surface area (Å²) in [6.45, 7) is 4.12. The van der Waals surface area contributed by atoms with Gasteiger partial charge >= 0.3 is 5.97 Å². The first-order valence-corrected chi connectivity index (χ1v) is 11.4. The number of benzene rings is 3. The number of carbonyl (C=O) groups excluding carboxylic acids is 2. The van der Waals surface area contributed by atoms with Crippen LogP contribution >= 0.6 is 0 Å². The zero-order valence-corrected chi connectivity index (χ0v) is 20.5. The summed E-state index contributed by atoms with van der Waals surface area (Å²) in [6.07, 6.45) is 3.08. The molecule has 184 valence electrons. The summed E-state index contributed by atoms with van der Waals surface area (Å²) in [5, 5.41) is 0.623. The average Bonchev–Trinajstić information content (AvgIpc) is 3.22. The Morgan fingerprint density at radius 2 is 1.72 bits per heavy atom. The molecule has 1 heterocycles. The van der Waals surface area contributed by atoms with E-state index >= 15 is 0 Å². The lowest BCUT2D eigenvalue weighted by atomic mass is 10.1. The van der Waals surface area contributed by atoms with Crippen LogP contribution in [0.5, 0.6) is 23.0 Å². The van der Waals surface area contributed by atoms with Crippen LogP contribution in [-0.4, -0.2) is 32.6 Å². The maximum atomic E-state index is 13.1. The van der Waals surface area contributed by atoms with Gasteiger partial charge in [0.25, 0.3) is 0 Å². The SMILES string of the molecule is CCOc1ccc2oc(C)c(C(=O)Oc3cccc(/C=C/C(=O)c4cc(OC)ccc4OC)c3)c2c1. The van der Waals surface area contributed by atoms with Crippen molar-refractivity contribution in [2.45, 2.75) is 13.8 Å². The second kappa shape index (κ2) is 10.8. The Balaban J connectivity index is 1.54. The molecule has 0 N–H and O–H groups in total. The van der Waals surface area contributed by atoms with Gasteiger partial charge in [-0.05, 0) is 74.0 Å². The van der Waals surface area contributed by atoms with E-state index < -0.39 is 5.97 Å². The number of rotatable bonds is 9. The van der Waals surface area contributed by atoms with Crippen LogP contribution in [0.1, 0.15) is 39.0 Å². The zero-order valence-electron chi connectivity index (χ0n) is 20.5. The van der Waals surface area contributed by atoms with Gasteiger partial charge in [0.2, 0.25) is 0 Å². The molecule has 7 heteroatoms. The van der Waals surface area contributed by atoms with Crippen molar-refractivity contribution in [2.24, 2.45) is 0 Å². The topological polar surface area (TPSA) is 84.2 Å². The zero-order chi connectivity index (χ0) is 25.7. The molecule has 0 atom stereocenters. The maximum Gasteiger partial charge on any atom is 0.347 e. The summed E-state index contributed by atoms with van der Waals surface area (Å²) in [5.74, 6) is 1.64. The monoisotopic (exact) mass is 486 g/mol. The molecule has 0 saturated carbocycles. The van der Waals surface area contributed by atoms with Crippen molar-refractivity contribution < 1.29 is 33.0 Å². The fraction of sp³-hybridized carbons (Fsp3) is 0.172. The molecule has 0 bridgehead atoms. The molecule has 0 radical (unpaired) electrons. The standard InChI is InChI=1S/C29H26O7/c1-5-34-21-11-14-27-24(17-21)28(18(2)35-27)29(31)36-22-8-6-7-19(15-22)9-12-25(30)23-16-20(32-3)10-13-26(23)33-4/h6-17H,5H2,1-4H3/b12-9+. The third-order valence-electron chi connectivity index (χ3n) is 5.52. The van der Waals surface area contributed by atoms with Gasteiger partial charge in [0.15, 0.2) is 5.78 Å². The number of ketones is 1. The smallest absolute Gasteiger partial charge is 0.347 e. The Bertz CT molecular complexity index is 1450. The van der Waals surface area contributed by atoms with Crippen LogP contribution < -0.4 is 18.9 Å². The Kier molecular flexibility index (Phi) is 7.39. The van der Waals surface area contributed by atoms with Gasteiger partial charge in [0.1, 0.15) is 39.9 Å². The third-order valence-corrected chi connectivity index (χ3v) is 5.52. The highest BCUT2D eigenvalue weighted by Gasteiger charge is 2.21. The first-order chi connectivity index (χ1) is 17.4. The van der Waals surface area contributed by atoms with Crippen molar-refractivity contribution in [2.75, 3.05) is 20.8 Å². The molecule has 0 unspecified atom stereocenters. The second-order valence-corrected chi connectivity index (χ2v) is 7.85. The summed E-state index contributed by atoms with van der Waals surface area (Å²) >= 11 is 0. The number of allylic oxidation sites excluding steroid dienone is 1. The van der Waals surface area contributed by atoms with Crippen molar-refractivity contribution >= 4 is 28.8 Å². The van der Waals surface area contributed by atoms with E-state index in [-0.39, 0.29) is 5.78 Å². The lowest BCUT2D eigenvalue weighted by Crippen LogP contribution is -2.09. The molecule has 0 aliphatic carbocycles. The third kappa shape index (κ3) is 5.25. The van der Waals surface area contributed by atoms with E-state index in [0.717, 1.165) is 0 Å². The molecule has 0 fully saturated rings. The van der Waals surface area contributed by atoms with Crippen molar-refractivity contribution in [1.82, 2.24) is 0 Å². The van der Waals surface area contributed by atoms with Gasteiger partial charge in [-0.1, -0.05) is 18.2 Å². The Morgan fingerprint density at radius 1 is 0.917 bits per heavy atom. The van der Waals surface area contributed by atoms with Crippen LogP contribution in [0.2, 0.25) is 0 Å². The van der Waals surface area contributed by atoms with E-state index in [4.69, 9.17) is 23.4 Å². The number of ether oxygens (including phenoxy) is 4. The minimum Gasteiger partial charge on any atom is -0.497 e.